The minimum Gasteiger partial charge on any atom is -0.444 e. The Morgan fingerprint density at radius 1 is 1.50 bits per heavy atom. The predicted octanol–water partition coefficient (Wildman–Crippen LogP) is 3.44. The third kappa shape index (κ3) is 5.39. The number of nitrogens with zero attached hydrogens (tertiary/aromatic N) is 1. The minimum atomic E-state index is -0.831. The average Bonchev–Trinajstić information content (AvgIpc) is 2.33. The van der Waals surface area contributed by atoms with Gasteiger partial charge in [-0.15, -0.1) is 0 Å². The first-order valence-corrected chi connectivity index (χ1v) is 6.81. The van der Waals surface area contributed by atoms with Crippen molar-refractivity contribution in [3.63, 3.8) is 0 Å². The van der Waals surface area contributed by atoms with Crippen LogP contribution in [0.5, 0.6) is 0 Å². The van der Waals surface area contributed by atoms with Gasteiger partial charge in [0.2, 0.25) is 0 Å². The van der Waals surface area contributed by atoms with E-state index in [1.165, 1.54) is 4.90 Å². The molecule has 20 heavy (non-hydrogen) atoms. The van der Waals surface area contributed by atoms with E-state index < -0.39 is 17.8 Å². The maximum Gasteiger partial charge on any atom is 0.410 e. The molecule has 0 aliphatic rings. The Balaban J connectivity index is 2.71. The number of aliphatic hydroxyl groups excluding tert-OH is 1. The molecule has 0 aliphatic carbocycles. The summed E-state index contributed by atoms with van der Waals surface area (Å²) in [6.07, 6.45) is -1.32. The van der Waals surface area contributed by atoms with Crippen molar-refractivity contribution in [3.05, 3.63) is 41.8 Å². The first-order chi connectivity index (χ1) is 9.23. The normalized spacial score (nSPS) is 12.9. The highest BCUT2D eigenvalue weighted by Crippen LogP contribution is 2.19. The van der Waals surface area contributed by atoms with E-state index in [1.807, 2.05) is 0 Å². The van der Waals surface area contributed by atoms with Gasteiger partial charge in [0.05, 0.1) is 12.6 Å². The molecule has 5 heteroatoms. The summed E-state index contributed by atoms with van der Waals surface area (Å²) in [5.41, 5.74) is 0.0745. The quantitative estimate of drug-likeness (QED) is 0.926. The van der Waals surface area contributed by atoms with Crippen molar-refractivity contribution in [1.82, 2.24) is 4.90 Å². The Kier molecular flexibility index (Phi) is 5.84. The smallest absolute Gasteiger partial charge is 0.410 e. The molecule has 0 aromatic heterocycles. The van der Waals surface area contributed by atoms with E-state index in [9.17, 15) is 9.90 Å². The van der Waals surface area contributed by atoms with Crippen LogP contribution >= 0.6 is 11.6 Å². The molecule has 0 heterocycles. The molecule has 1 radical (unpaired) electrons. The number of hydrogen-bond acceptors (Lipinski definition) is 3. The molecule has 0 fully saturated rings. The number of amides is 1. The third-order valence-electron chi connectivity index (χ3n) is 2.55. The van der Waals surface area contributed by atoms with Crippen molar-refractivity contribution >= 4 is 17.7 Å². The van der Waals surface area contributed by atoms with Crippen molar-refractivity contribution in [2.75, 3.05) is 13.1 Å². The second-order valence-electron chi connectivity index (χ2n) is 5.50. The largest absolute Gasteiger partial charge is 0.444 e. The second kappa shape index (κ2) is 6.95. The van der Waals surface area contributed by atoms with E-state index >= 15 is 0 Å². The van der Waals surface area contributed by atoms with Crippen LogP contribution in [0.25, 0.3) is 0 Å². The Morgan fingerprint density at radius 3 is 2.65 bits per heavy atom. The molecule has 0 unspecified atom stereocenters. The molecule has 1 aromatic rings. The number of aliphatic hydroxyl groups is 1. The molecular formula is C15H21ClNO3. The summed E-state index contributed by atoms with van der Waals surface area (Å²) in [6.45, 7) is 9.39. The lowest BCUT2D eigenvalue weighted by Crippen LogP contribution is -2.39. The lowest BCUT2D eigenvalue weighted by Gasteiger charge is -2.28. The Hall–Kier alpha value is -1.26. The zero-order chi connectivity index (χ0) is 15.3. The first kappa shape index (κ1) is 16.8. The number of ether oxygens (including phenoxy) is 1. The van der Waals surface area contributed by atoms with Gasteiger partial charge >= 0.3 is 6.09 Å². The molecule has 0 bridgehead atoms. The average molecular weight is 299 g/mol. The minimum absolute atomic E-state index is 0.110. The van der Waals surface area contributed by atoms with Crippen LogP contribution in [0.1, 0.15) is 32.4 Å². The summed E-state index contributed by atoms with van der Waals surface area (Å²) in [5, 5.41) is 10.7. The van der Waals surface area contributed by atoms with Crippen molar-refractivity contribution in [2.45, 2.75) is 32.5 Å². The van der Waals surface area contributed by atoms with Gasteiger partial charge in [0.15, 0.2) is 0 Å². The summed E-state index contributed by atoms with van der Waals surface area (Å²) < 4.78 is 5.26. The van der Waals surface area contributed by atoms with Gasteiger partial charge < -0.3 is 14.7 Å². The molecule has 1 rings (SSSR count). The molecule has 1 aromatic carbocycles. The van der Waals surface area contributed by atoms with Crippen LogP contribution in [0.4, 0.5) is 4.79 Å². The zero-order valence-corrected chi connectivity index (χ0v) is 12.9. The van der Waals surface area contributed by atoms with E-state index in [-0.39, 0.29) is 13.1 Å². The first-order valence-electron chi connectivity index (χ1n) is 6.43. The molecule has 0 aliphatic heterocycles. The molecule has 4 nitrogen and oxygen atoms in total. The van der Waals surface area contributed by atoms with Crippen LogP contribution in [-0.2, 0) is 4.74 Å². The van der Waals surface area contributed by atoms with Gasteiger partial charge in [0, 0.05) is 11.6 Å². The number of benzene rings is 1. The van der Waals surface area contributed by atoms with Crippen molar-refractivity contribution in [2.24, 2.45) is 0 Å². The number of carbonyl (C=O) groups excluding carboxylic acids is 1. The maximum atomic E-state index is 12.0. The SMILES string of the molecule is [CH2]CN(C[C@H](O)c1cccc(Cl)c1)C(=O)OC(C)(C)C. The molecule has 0 saturated heterocycles. The van der Waals surface area contributed by atoms with Crippen LogP contribution in [-0.4, -0.2) is 34.8 Å². The molecule has 1 atom stereocenters. The number of halogens is 1. The van der Waals surface area contributed by atoms with Gasteiger partial charge in [-0.25, -0.2) is 4.79 Å². The van der Waals surface area contributed by atoms with Crippen LogP contribution in [0.3, 0.4) is 0 Å². The molecule has 0 spiro atoms. The maximum absolute atomic E-state index is 12.0. The van der Waals surface area contributed by atoms with Crippen molar-refractivity contribution in [3.8, 4) is 0 Å². The second-order valence-corrected chi connectivity index (χ2v) is 5.93. The van der Waals surface area contributed by atoms with Gasteiger partial charge in [-0.2, -0.15) is 0 Å². The highest BCUT2D eigenvalue weighted by atomic mass is 35.5. The van der Waals surface area contributed by atoms with Crippen molar-refractivity contribution < 1.29 is 14.6 Å². The van der Waals surface area contributed by atoms with Crippen LogP contribution in [0.15, 0.2) is 24.3 Å². The predicted molar refractivity (Wildman–Crippen MR) is 79.6 cm³/mol. The van der Waals surface area contributed by atoms with E-state index in [1.54, 1.807) is 45.0 Å². The zero-order valence-electron chi connectivity index (χ0n) is 12.1. The van der Waals surface area contributed by atoms with Crippen LogP contribution < -0.4 is 0 Å². The van der Waals surface area contributed by atoms with E-state index in [4.69, 9.17) is 16.3 Å². The van der Waals surface area contributed by atoms with Crippen LogP contribution in [0.2, 0.25) is 5.02 Å². The molecule has 111 valence electrons. The molecule has 1 N–H and O–H groups in total. The monoisotopic (exact) mass is 298 g/mol. The molecule has 1 amide bonds. The van der Waals surface area contributed by atoms with Gasteiger partial charge in [0.1, 0.15) is 5.60 Å². The Labute approximate surface area is 125 Å². The number of carbonyl (C=O) groups is 1. The lowest BCUT2D eigenvalue weighted by atomic mass is 10.1. The molecule has 0 saturated carbocycles. The summed E-state index contributed by atoms with van der Waals surface area (Å²) >= 11 is 5.88. The fraction of sp³-hybridized carbons (Fsp3) is 0.467. The summed E-state index contributed by atoms with van der Waals surface area (Å²) in [5.74, 6) is 0. The fourth-order valence-electron chi connectivity index (χ4n) is 1.61. The summed E-state index contributed by atoms with van der Waals surface area (Å²) in [6, 6.07) is 6.91. The number of hydrogen-bond donors (Lipinski definition) is 1. The Morgan fingerprint density at radius 2 is 2.15 bits per heavy atom. The third-order valence-corrected chi connectivity index (χ3v) is 2.78. The summed E-state index contributed by atoms with van der Waals surface area (Å²) in [4.78, 5) is 13.3. The van der Waals surface area contributed by atoms with E-state index in [0.29, 0.717) is 10.6 Å². The van der Waals surface area contributed by atoms with Crippen molar-refractivity contribution in [1.29, 1.82) is 0 Å². The van der Waals surface area contributed by atoms with E-state index in [2.05, 4.69) is 6.92 Å². The topological polar surface area (TPSA) is 49.8 Å². The number of rotatable bonds is 4. The van der Waals surface area contributed by atoms with Gasteiger partial charge in [0.25, 0.3) is 0 Å². The van der Waals surface area contributed by atoms with Gasteiger partial charge in [-0.1, -0.05) is 23.7 Å². The van der Waals surface area contributed by atoms with Gasteiger partial charge in [-0.3, -0.25) is 0 Å². The highest BCUT2D eigenvalue weighted by molar-refractivity contribution is 6.30. The van der Waals surface area contributed by atoms with Crippen LogP contribution in [0, 0.1) is 6.92 Å². The summed E-state index contributed by atoms with van der Waals surface area (Å²) in [7, 11) is 0. The van der Waals surface area contributed by atoms with Gasteiger partial charge in [-0.05, 0) is 45.4 Å². The lowest BCUT2D eigenvalue weighted by molar-refractivity contribution is 0.0170. The van der Waals surface area contributed by atoms with E-state index in [0.717, 1.165) is 0 Å². The standard InChI is InChI=1S/C15H21ClNO3/c1-5-17(14(19)20-15(2,3)4)10-13(18)11-7-6-8-12(16)9-11/h6-9,13,18H,1,5,10H2,2-4H3/t13-/m0/s1. The highest BCUT2D eigenvalue weighted by Gasteiger charge is 2.23. The molecular weight excluding hydrogens is 278 g/mol. The Bertz CT molecular complexity index is 457. The fourth-order valence-corrected chi connectivity index (χ4v) is 1.81.